The zero-order chi connectivity index (χ0) is 18.8. The Labute approximate surface area is 158 Å². The van der Waals surface area contributed by atoms with Crippen LogP contribution in [0, 0.1) is 12.8 Å². The Balaban J connectivity index is 1.51. The molecule has 1 saturated carbocycles. The molecular weight excluding hydrogens is 340 g/mol. The quantitative estimate of drug-likeness (QED) is 0.733. The van der Waals surface area contributed by atoms with Crippen molar-refractivity contribution in [1.82, 2.24) is 15.3 Å². The number of aryl methyl sites for hydroxylation is 1. The van der Waals surface area contributed by atoms with Crippen LogP contribution in [0.5, 0.6) is 0 Å². The van der Waals surface area contributed by atoms with E-state index in [-0.39, 0.29) is 11.8 Å². The van der Waals surface area contributed by atoms with Gasteiger partial charge in [0, 0.05) is 36.0 Å². The van der Waals surface area contributed by atoms with Crippen LogP contribution in [-0.4, -0.2) is 29.0 Å². The number of oxazole rings is 1. The van der Waals surface area contributed by atoms with Crippen LogP contribution >= 0.6 is 0 Å². The van der Waals surface area contributed by atoms with Gasteiger partial charge >= 0.3 is 0 Å². The SMILES string of the molecule is CN[C@H]1CC[C@H](C(=O)Nc2cc3cc(-c4cnc(C)o4)ccc3cn2)CC1. The third-order valence-corrected chi connectivity index (χ3v) is 5.39. The molecule has 3 aromatic rings. The summed E-state index contributed by atoms with van der Waals surface area (Å²) in [5.74, 6) is 2.10. The molecule has 2 heterocycles. The first kappa shape index (κ1) is 17.7. The Kier molecular flexibility index (Phi) is 4.90. The number of hydrogen-bond acceptors (Lipinski definition) is 5. The normalized spacial score (nSPS) is 19.9. The summed E-state index contributed by atoms with van der Waals surface area (Å²) < 4.78 is 5.61. The van der Waals surface area contributed by atoms with Crippen LogP contribution < -0.4 is 10.6 Å². The highest BCUT2D eigenvalue weighted by atomic mass is 16.4. The number of pyridine rings is 1. The van der Waals surface area contributed by atoms with Crippen molar-refractivity contribution in [1.29, 1.82) is 0 Å². The van der Waals surface area contributed by atoms with Crippen LogP contribution in [0.25, 0.3) is 22.1 Å². The van der Waals surface area contributed by atoms with Gasteiger partial charge in [0.2, 0.25) is 5.91 Å². The van der Waals surface area contributed by atoms with E-state index in [1.807, 2.05) is 38.2 Å². The minimum absolute atomic E-state index is 0.0654. The van der Waals surface area contributed by atoms with Gasteiger partial charge in [-0.25, -0.2) is 9.97 Å². The third kappa shape index (κ3) is 3.85. The summed E-state index contributed by atoms with van der Waals surface area (Å²) in [6, 6.07) is 8.47. The van der Waals surface area contributed by atoms with Crippen molar-refractivity contribution in [3.8, 4) is 11.3 Å². The average molecular weight is 364 g/mol. The molecule has 2 aromatic heterocycles. The van der Waals surface area contributed by atoms with Gasteiger partial charge in [-0.05, 0) is 50.2 Å². The van der Waals surface area contributed by atoms with Crippen LogP contribution in [0.2, 0.25) is 0 Å². The van der Waals surface area contributed by atoms with Gasteiger partial charge in [-0.2, -0.15) is 0 Å². The first-order valence-corrected chi connectivity index (χ1v) is 9.43. The number of fused-ring (bicyclic) bond motifs is 1. The van der Waals surface area contributed by atoms with Crippen molar-refractivity contribution < 1.29 is 9.21 Å². The predicted octanol–water partition coefficient (Wildman–Crippen LogP) is 3.91. The number of carbonyl (C=O) groups is 1. The largest absolute Gasteiger partial charge is 0.441 e. The van der Waals surface area contributed by atoms with Gasteiger partial charge in [-0.1, -0.05) is 12.1 Å². The van der Waals surface area contributed by atoms with Crippen molar-refractivity contribution in [3.63, 3.8) is 0 Å². The van der Waals surface area contributed by atoms with Crippen LogP contribution in [0.3, 0.4) is 0 Å². The van der Waals surface area contributed by atoms with E-state index < -0.39 is 0 Å². The molecule has 1 aromatic carbocycles. The molecule has 4 rings (SSSR count). The van der Waals surface area contributed by atoms with E-state index in [2.05, 4.69) is 20.6 Å². The van der Waals surface area contributed by atoms with Crippen molar-refractivity contribution >= 4 is 22.5 Å². The monoisotopic (exact) mass is 364 g/mol. The third-order valence-electron chi connectivity index (χ3n) is 5.39. The molecule has 27 heavy (non-hydrogen) atoms. The number of anilines is 1. The van der Waals surface area contributed by atoms with Gasteiger partial charge in [-0.3, -0.25) is 4.79 Å². The Bertz CT molecular complexity index is 958. The van der Waals surface area contributed by atoms with Gasteiger partial charge < -0.3 is 15.1 Å². The minimum atomic E-state index is 0.0654. The van der Waals surface area contributed by atoms with E-state index in [1.54, 1.807) is 12.4 Å². The van der Waals surface area contributed by atoms with Crippen LogP contribution in [0.15, 0.2) is 41.1 Å². The summed E-state index contributed by atoms with van der Waals surface area (Å²) in [6.07, 6.45) is 7.43. The second-order valence-electron chi connectivity index (χ2n) is 7.20. The average Bonchev–Trinajstić information content (AvgIpc) is 3.14. The van der Waals surface area contributed by atoms with Gasteiger partial charge in [0.25, 0.3) is 0 Å². The zero-order valence-electron chi connectivity index (χ0n) is 15.7. The van der Waals surface area contributed by atoms with Gasteiger partial charge in [0.15, 0.2) is 11.7 Å². The number of amides is 1. The highest BCUT2D eigenvalue weighted by Gasteiger charge is 2.25. The van der Waals surface area contributed by atoms with Crippen molar-refractivity contribution in [2.24, 2.45) is 5.92 Å². The fourth-order valence-electron chi connectivity index (χ4n) is 3.73. The molecule has 0 aliphatic heterocycles. The van der Waals surface area contributed by atoms with Gasteiger partial charge in [0.1, 0.15) is 5.82 Å². The fraction of sp³-hybridized carbons (Fsp3) is 0.381. The lowest BCUT2D eigenvalue weighted by Crippen LogP contribution is -2.34. The second-order valence-corrected chi connectivity index (χ2v) is 7.20. The molecule has 1 aliphatic rings. The second kappa shape index (κ2) is 7.48. The van der Waals surface area contributed by atoms with E-state index in [1.165, 1.54) is 0 Å². The number of carbonyl (C=O) groups excluding carboxylic acids is 1. The Hall–Kier alpha value is -2.73. The first-order valence-electron chi connectivity index (χ1n) is 9.43. The summed E-state index contributed by atoms with van der Waals surface area (Å²) in [5, 5.41) is 8.31. The number of rotatable bonds is 4. The molecule has 0 radical (unpaired) electrons. The molecule has 1 fully saturated rings. The topological polar surface area (TPSA) is 80.0 Å². The van der Waals surface area contributed by atoms with Crippen molar-refractivity contribution in [2.75, 3.05) is 12.4 Å². The lowest BCUT2D eigenvalue weighted by molar-refractivity contribution is -0.120. The summed E-state index contributed by atoms with van der Waals surface area (Å²) in [4.78, 5) is 21.1. The molecule has 0 bridgehead atoms. The molecule has 1 amide bonds. The van der Waals surface area contributed by atoms with Crippen LogP contribution in [0.1, 0.15) is 31.6 Å². The first-order chi connectivity index (χ1) is 13.1. The van der Waals surface area contributed by atoms with E-state index in [0.717, 1.165) is 47.8 Å². The number of hydrogen-bond donors (Lipinski definition) is 2. The number of nitrogens with zero attached hydrogens (tertiary/aromatic N) is 2. The van der Waals surface area contributed by atoms with Crippen molar-refractivity contribution in [2.45, 2.75) is 38.6 Å². The highest BCUT2D eigenvalue weighted by molar-refractivity contribution is 5.94. The molecule has 0 unspecified atom stereocenters. The van der Waals surface area contributed by atoms with Crippen molar-refractivity contribution in [3.05, 3.63) is 42.5 Å². The maximum Gasteiger partial charge on any atom is 0.228 e. The number of aromatic nitrogens is 2. The standard InChI is InChI=1S/C21H24N4O2/c1-13-23-12-19(27-13)15-3-4-16-11-24-20(10-17(16)9-15)25-21(26)14-5-7-18(22-2)8-6-14/h3-4,9-12,14,18,22H,5-8H2,1-2H3,(H,24,25,26)/t14-,18-. The summed E-state index contributed by atoms with van der Waals surface area (Å²) in [6.45, 7) is 1.83. The predicted molar refractivity (Wildman–Crippen MR) is 105 cm³/mol. The fourth-order valence-corrected chi connectivity index (χ4v) is 3.73. The molecule has 0 spiro atoms. The maximum atomic E-state index is 12.6. The molecular formula is C21H24N4O2. The lowest BCUT2D eigenvalue weighted by Gasteiger charge is -2.27. The highest BCUT2D eigenvalue weighted by Crippen LogP contribution is 2.28. The van der Waals surface area contributed by atoms with E-state index in [4.69, 9.17) is 4.42 Å². The minimum Gasteiger partial charge on any atom is -0.441 e. The van der Waals surface area contributed by atoms with E-state index in [0.29, 0.717) is 17.8 Å². The van der Waals surface area contributed by atoms with Crippen LogP contribution in [0.4, 0.5) is 5.82 Å². The molecule has 6 heteroatoms. The molecule has 0 saturated heterocycles. The smallest absolute Gasteiger partial charge is 0.228 e. The van der Waals surface area contributed by atoms with E-state index in [9.17, 15) is 4.79 Å². The summed E-state index contributed by atoms with van der Waals surface area (Å²) in [7, 11) is 1.98. The van der Waals surface area contributed by atoms with Gasteiger partial charge in [-0.15, -0.1) is 0 Å². The Morgan fingerprint density at radius 2 is 1.89 bits per heavy atom. The molecule has 2 N–H and O–H groups in total. The number of nitrogens with one attached hydrogen (secondary N) is 2. The summed E-state index contributed by atoms with van der Waals surface area (Å²) >= 11 is 0. The molecule has 6 nitrogen and oxygen atoms in total. The Morgan fingerprint density at radius 1 is 1.07 bits per heavy atom. The maximum absolute atomic E-state index is 12.6. The van der Waals surface area contributed by atoms with Crippen LogP contribution in [-0.2, 0) is 4.79 Å². The molecule has 0 atom stereocenters. The Morgan fingerprint density at radius 3 is 2.59 bits per heavy atom. The molecule has 140 valence electrons. The summed E-state index contributed by atoms with van der Waals surface area (Å²) in [5.41, 5.74) is 0.956. The van der Waals surface area contributed by atoms with E-state index >= 15 is 0 Å². The zero-order valence-corrected chi connectivity index (χ0v) is 15.7. The lowest BCUT2D eigenvalue weighted by atomic mass is 9.85. The number of benzene rings is 1. The van der Waals surface area contributed by atoms with Gasteiger partial charge in [0.05, 0.1) is 6.20 Å². The molecule has 1 aliphatic carbocycles.